The molecule has 1 fully saturated rings. The van der Waals surface area contributed by atoms with E-state index >= 15 is 0 Å². The molecule has 6 nitrogen and oxygen atoms in total. The summed E-state index contributed by atoms with van der Waals surface area (Å²) in [4.78, 5) is 29.9. The highest BCUT2D eigenvalue weighted by Gasteiger charge is 2.25. The van der Waals surface area contributed by atoms with E-state index in [4.69, 9.17) is 4.74 Å². The third-order valence-corrected chi connectivity index (χ3v) is 5.69. The van der Waals surface area contributed by atoms with Crippen LogP contribution in [0.15, 0.2) is 29.6 Å². The number of hydrogen-bond donors (Lipinski definition) is 1. The van der Waals surface area contributed by atoms with Crippen molar-refractivity contribution >= 4 is 23.2 Å². The topological polar surface area (TPSA) is 71.5 Å². The van der Waals surface area contributed by atoms with E-state index in [-0.39, 0.29) is 18.4 Å². The third kappa shape index (κ3) is 5.53. The van der Waals surface area contributed by atoms with Crippen molar-refractivity contribution in [3.8, 4) is 5.75 Å². The highest BCUT2D eigenvalue weighted by atomic mass is 32.1. The predicted molar refractivity (Wildman–Crippen MR) is 105 cm³/mol. The summed E-state index contributed by atoms with van der Waals surface area (Å²) in [6.45, 7) is 5.50. The van der Waals surface area contributed by atoms with Gasteiger partial charge in [-0.2, -0.15) is 0 Å². The third-order valence-electron chi connectivity index (χ3n) is 4.64. The van der Waals surface area contributed by atoms with E-state index in [2.05, 4.69) is 10.3 Å². The maximum absolute atomic E-state index is 12.4. The first kappa shape index (κ1) is 19.4. The van der Waals surface area contributed by atoms with E-state index in [1.165, 1.54) is 6.92 Å². The Morgan fingerprint density at radius 2 is 2.11 bits per heavy atom. The average molecular weight is 388 g/mol. The molecular formula is C20H25N3O3S. The molecule has 1 aliphatic heterocycles. The number of rotatable bonds is 6. The van der Waals surface area contributed by atoms with E-state index in [1.54, 1.807) is 11.3 Å². The van der Waals surface area contributed by atoms with Crippen LogP contribution in [0.5, 0.6) is 5.75 Å². The van der Waals surface area contributed by atoms with Gasteiger partial charge in [0, 0.05) is 31.3 Å². The molecule has 144 valence electrons. The molecule has 0 bridgehead atoms. The number of nitrogens with zero attached hydrogens (tertiary/aromatic N) is 2. The zero-order valence-corrected chi connectivity index (χ0v) is 16.6. The number of thiazole rings is 1. The molecule has 1 aromatic carbocycles. The van der Waals surface area contributed by atoms with Crippen molar-refractivity contribution in [3.63, 3.8) is 0 Å². The second kappa shape index (κ2) is 8.99. The van der Waals surface area contributed by atoms with E-state index in [1.807, 2.05) is 41.5 Å². The molecule has 7 heteroatoms. The Balaban J connectivity index is 1.45. The monoisotopic (exact) mass is 387 g/mol. The van der Waals surface area contributed by atoms with Gasteiger partial charge in [0.1, 0.15) is 5.75 Å². The van der Waals surface area contributed by atoms with Crippen molar-refractivity contribution in [2.75, 3.05) is 19.7 Å². The molecule has 0 atom stereocenters. The Morgan fingerprint density at radius 3 is 2.81 bits per heavy atom. The summed E-state index contributed by atoms with van der Waals surface area (Å²) in [5.41, 5.74) is 2.01. The minimum absolute atomic E-state index is 0.0282. The van der Waals surface area contributed by atoms with Gasteiger partial charge in [0.05, 0.1) is 17.2 Å². The molecule has 2 aromatic rings. The number of benzene rings is 1. The van der Waals surface area contributed by atoms with Gasteiger partial charge in [0.25, 0.3) is 5.91 Å². The molecule has 0 spiro atoms. The van der Waals surface area contributed by atoms with E-state index in [9.17, 15) is 9.59 Å². The normalized spacial score (nSPS) is 14.8. The van der Waals surface area contributed by atoms with Gasteiger partial charge >= 0.3 is 0 Å². The van der Waals surface area contributed by atoms with Crippen molar-refractivity contribution in [3.05, 3.63) is 45.9 Å². The summed E-state index contributed by atoms with van der Waals surface area (Å²) in [5.74, 6) is 1.08. The number of aryl methyl sites for hydroxylation is 1. The highest BCUT2D eigenvalue weighted by molar-refractivity contribution is 7.09. The number of aromatic nitrogens is 1. The van der Waals surface area contributed by atoms with Gasteiger partial charge in [-0.25, -0.2) is 4.98 Å². The summed E-state index contributed by atoms with van der Waals surface area (Å²) in [6.07, 6.45) is 1.81. The first-order valence-electron chi connectivity index (χ1n) is 9.17. The lowest BCUT2D eigenvalue weighted by atomic mass is 9.97. The highest BCUT2D eigenvalue weighted by Crippen LogP contribution is 2.30. The van der Waals surface area contributed by atoms with Crippen LogP contribution in [-0.2, 0) is 16.1 Å². The summed E-state index contributed by atoms with van der Waals surface area (Å²) in [6, 6.07) is 7.72. The van der Waals surface area contributed by atoms with Crippen LogP contribution in [0.25, 0.3) is 0 Å². The molecular weight excluding hydrogens is 362 g/mol. The number of likely N-dealkylation sites (tertiary alicyclic amines) is 1. The fraction of sp³-hybridized carbons (Fsp3) is 0.450. The molecule has 2 amide bonds. The molecule has 0 saturated carbocycles. The zero-order valence-electron chi connectivity index (χ0n) is 15.7. The Morgan fingerprint density at radius 1 is 1.33 bits per heavy atom. The van der Waals surface area contributed by atoms with Crippen LogP contribution < -0.4 is 10.1 Å². The fourth-order valence-corrected chi connectivity index (χ4v) is 4.11. The van der Waals surface area contributed by atoms with E-state index in [0.717, 1.165) is 47.9 Å². The lowest BCUT2D eigenvalue weighted by molar-refractivity contribution is -0.134. The number of carbonyl (C=O) groups excluding carboxylic acids is 2. The molecule has 0 radical (unpaired) electrons. The van der Waals surface area contributed by atoms with Crippen molar-refractivity contribution < 1.29 is 14.3 Å². The van der Waals surface area contributed by atoms with Gasteiger partial charge in [-0.15, -0.1) is 11.3 Å². The molecule has 3 rings (SSSR count). The first-order chi connectivity index (χ1) is 13.0. The van der Waals surface area contributed by atoms with Gasteiger partial charge in [-0.3, -0.25) is 9.59 Å². The smallest absolute Gasteiger partial charge is 0.260 e. The maximum atomic E-state index is 12.4. The van der Waals surface area contributed by atoms with E-state index < -0.39 is 0 Å². The number of ether oxygens (including phenoxy) is 1. The van der Waals surface area contributed by atoms with Crippen LogP contribution in [0, 0.1) is 6.92 Å². The molecule has 1 N–H and O–H groups in total. The summed E-state index contributed by atoms with van der Waals surface area (Å²) in [5, 5.41) is 5.86. The molecule has 0 unspecified atom stereocenters. The summed E-state index contributed by atoms with van der Waals surface area (Å²) < 4.78 is 5.63. The molecule has 0 aliphatic carbocycles. The van der Waals surface area contributed by atoms with Crippen LogP contribution in [0.1, 0.15) is 41.9 Å². The Labute approximate surface area is 163 Å². The second-order valence-corrected chi connectivity index (χ2v) is 7.74. The van der Waals surface area contributed by atoms with Crippen molar-refractivity contribution in [2.24, 2.45) is 0 Å². The molecule has 1 aromatic heterocycles. The van der Waals surface area contributed by atoms with E-state index in [0.29, 0.717) is 12.5 Å². The lowest BCUT2D eigenvalue weighted by Gasteiger charge is -2.31. The fourth-order valence-electron chi connectivity index (χ4n) is 3.12. The van der Waals surface area contributed by atoms with Crippen LogP contribution in [0.3, 0.4) is 0 Å². The van der Waals surface area contributed by atoms with Crippen molar-refractivity contribution in [1.29, 1.82) is 0 Å². The van der Waals surface area contributed by atoms with Crippen LogP contribution in [-0.4, -0.2) is 41.4 Å². The van der Waals surface area contributed by atoms with Crippen LogP contribution >= 0.6 is 11.3 Å². The van der Waals surface area contributed by atoms with Crippen molar-refractivity contribution in [2.45, 2.75) is 39.2 Å². The zero-order chi connectivity index (χ0) is 19.2. The minimum atomic E-state index is -0.0516. The Bertz CT molecular complexity index is 797. The Hall–Kier alpha value is -2.41. The number of amides is 2. The first-order valence-corrected chi connectivity index (χ1v) is 10.0. The summed E-state index contributed by atoms with van der Waals surface area (Å²) >= 11 is 1.64. The standard InChI is InChI=1S/C20H25N3O3S/c1-14-4-3-5-18(10-14)26-12-19(25)23-8-6-16(7-9-23)20-22-17(13-27-20)11-21-15(2)24/h3-5,10,13,16H,6-9,11-12H2,1-2H3,(H,21,24). The lowest BCUT2D eigenvalue weighted by Crippen LogP contribution is -2.40. The van der Waals surface area contributed by atoms with Gasteiger partial charge in [0.15, 0.2) is 6.61 Å². The van der Waals surface area contributed by atoms with Crippen molar-refractivity contribution in [1.82, 2.24) is 15.2 Å². The van der Waals surface area contributed by atoms with Crippen LogP contribution in [0.2, 0.25) is 0 Å². The van der Waals surface area contributed by atoms with Gasteiger partial charge in [-0.1, -0.05) is 12.1 Å². The van der Waals surface area contributed by atoms with Gasteiger partial charge < -0.3 is 15.0 Å². The SMILES string of the molecule is CC(=O)NCc1csc(C2CCN(C(=O)COc3cccc(C)c3)CC2)n1. The average Bonchev–Trinajstić information content (AvgIpc) is 3.14. The molecule has 1 aliphatic rings. The quantitative estimate of drug-likeness (QED) is 0.827. The number of carbonyl (C=O) groups is 2. The number of piperidine rings is 1. The molecule has 1 saturated heterocycles. The number of hydrogen-bond acceptors (Lipinski definition) is 5. The minimum Gasteiger partial charge on any atom is -0.484 e. The maximum Gasteiger partial charge on any atom is 0.260 e. The summed E-state index contributed by atoms with van der Waals surface area (Å²) in [7, 11) is 0. The molecule has 2 heterocycles. The second-order valence-electron chi connectivity index (χ2n) is 6.85. The Kier molecular flexibility index (Phi) is 6.45. The molecule has 27 heavy (non-hydrogen) atoms. The van der Waals surface area contributed by atoms with Gasteiger partial charge in [0.2, 0.25) is 5.91 Å². The van der Waals surface area contributed by atoms with Crippen LogP contribution in [0.4, 0.5) is 0 Å². The number of nitrogens with one attached hydrogen (secondary N) is 1. The predicted octanol–water partition coefficient (Wildman–Crippen LogP) is 2.87. The largest absolute Gasteiger partial charge is 0.484 e. The van der Waals surface area contributed by atoms with Gasteiger partial charge in [-0.05, 0) is 37.5 Å².